The van der Waals surface area contributed by atoms with Gasteiger partial charge in [-0.05, 0) is 12.1 Å². The van der Waals surface area contributed by atoms with E-state index in [9.17, 15) is 0 Å². The Morgan fingerprint density at radius 3 is 2.82 bits per heavy atom. The zero-order chi connectivity index (χ0) is 8.27. The molecule has 0 aliphatic carbocycles. The molecule has 60 valence electrons. The molecule has 11 heavy (non-hydrogen) atoms. The van der Waals surface area contributed by atoms with Crippen molar-refractivity contribution in [3.8, 4) is 5.75 Å². The number of hydrogen-bond acceptors (Lipinski definition) is 2. The summed E-state index contributed by atoms with van der Waals surface area (Å²) in [5.74, 6) is 0.980. The number of alkyl halides is 1. The number of aromatic nitrogens is 1. The smallest absolute Gasteiger partial charge is 0.141 e. The van der Waals surface area contributed by atoms with Gasteiger partial charge in [0.15, 0.2) is 0 Å². The first-order chi connectivity index (χ1) is 5.27. The zero-order valence-electron chi connectivity index (χ0n) is 5.97. The molecule has 0 N–H and O–H groups in total. The quantitative estimate of drug-likeness (QED) is 0.530. The zero-order valence-corrected chi connectivity index (χ0v) is 7.49. The minimum absolute atomic E-state index is 0.309. The Morgan fingerprint density at radius 1 is 1.55 bits per heavy atom. The van der Waals surface area contributed by atoms with E-state index < -0.39 is 0 Å². The van der Waals surface area contributed by atoms with Crippen LogP contribution in [0.15, 0.2) is 12.1 Å². The number of ether oxygens (including phenoxy) is 1. The number of nitrogens with zero attached hydrogens (tertiary/aromatic N) is 1. The summed E-state index contributed by atoms with van der Waals surface area (Å²) in [6.45, 7) is 0. The molecular formula is C7H7Cl2NO. The molecule has 0 amide bonds. The van der Waals surface area contributed by atoms with Gasteiger partial charge in [-0.15, -0.1) is 11.6 Å². The van der Waals surface area contributed by atoms with Crippen LogP contribution in [-0.2, 0) is 5.88 Å². The summed E-state index contributed by atoms with van der Waals surface area (Å²) in [7, 11) is 1.57. The number of rotatable bonds is 2. The van der Waals surface area contributed by atoms with Crippen molar-refractivity contribution in [2.75, 3.05) is 7.11 Å². The summed E-state index contributed by atoms with van der Waals surface area (Å²) in [6, 6.07) is 3.41. The molecule has 0 spiro atoms. The molecule has 0 atom stereocenters. The molecule has 1 rings (SSSR count). The Morgan fingerprint density at radius 2 is 2.27 bits per heavy atom. The fourth-order valence-corrected chi connectivity index (χ4v) is 1.10. The predicted molar refractivity (Wildman–Crippen MR) is 45.4 cm³/mol. The standard InChI is InChI=1S/C7H7Cl2NO/c1-11-6-2-3-7(9)10-5(6)4-8/h2-3H,4H2,1H3. The Bertz CT molecular complexity index is 252. The highest BCUT2D eigenvalue weighted by Crippen LogP contribution is 2.19. The molecule has 1 aromatic heterocycles. The summed E-state index contributed by atoms with van der Waals surface area (Å²) < 4.78 is 4.99. The third-order valence-electron chi connectivity index (χ3n) is 1.24. The van der Waals surface area contributed by atoms with Crippen molar-refractivity contribution < 1.29 is 4.74 Å². The van der Waals surface area contributed by atoms with Crippen molar-refractivity contribution in [1.82, 2.24) is 4.98 Å². The van der Waals surface area contributed by atoms with Crippen LogP contribution in [0.5, 0.6) is 5.75 Å². The molecule has 0 aromatic carbocycles. The van der Waals surface area contributed by atoms with Gasteiger partial charge in [-0.3, -0.25) is 0 Å². The van der Waals surface area contributed by atoms with Gasteiger partial charge < -0.3 is 4.74 Å². The highest BCUT2D eigenvalue weighted by molar-refractivity contribution is 6.29. The van der Waals surface area contributed by atoms with E-state index in [4.69, 9.17) is 27.9 Å². The van der Waals surface area contributed by atoms with Crippen LogP contribution < -0.4 is 4.74 Å². The fourth-order valence-electron chi connectivity index (χ4n) is 0.744. The Kier molecular flexibility index (Phi) is 2.97. The largest absolute Gasteiger partial charge is 0.495 e. The first-order valence-electron chi connectivity index (χ1n) is 3.03. The second-order valence-corrected chi connectivity index (χ2v) is 2.57. The Hall–Kier alpha value is -0.470. The molecule has 0 fully saturated rings. The lowest BCUT2D eigenvalue weighted by Crippen LogP contribution is -1.92. The van der Waals surface area contributed by atoms with E-state index in [1.807, 2.05) is 0 Å². The monoisotopic (exact) mass is 191 g/mol. The lowest BCUT2D eigenvalue weighted by atomic mass is 10.3. The van der Waals surface area contributed by atoms with Crippen LogP contribution in [0.3, 0.4) is 0 Å². The van der Waals surface area contributed by atoms with E-state index in [2.05, 4.69) is 4.98 Å². The molecule has 0 aliphatic heterocycles. The lowest BCUT2D eigenvalue weighted by Gasteiger charge is -2.03. The van der Waals surface area contributed by atoms with Crippen LogP contribution in [0.2, 0.25) is 5.15 Å². The topological polar surface area (TPSA) is 22.1 Å². The van der Waals surface area contributed by atoms with Gasteiger partial charge in [-0.25, -0.2) is 4.98 Å². The van der Waals surface area contributed by atoms with Crippen molar-refractivity contribution in [3.63, 3.8) is 0 Å². The number of hydrogen-bond donors (Lipinski definition) is 0. The molecule has 0 aliphatic rings. The van der Waals surface area contributed by atoms with Gasteiger partial charge in [-0.2, -0.15) is 0 Å². The van der Waals surface area contributed by atoms with Gasteiger partial charge in [0.2, 0.25) is 0 Å². The maximum Gasteiger partial charge on any atom is 0.141 e. The first kappa shape index (κ1) is 8.62. The highest BCUT2D eigenvalue weighted by atomic mass is 35.5. The predicted octanol–water partition coefficient (Wildman–Crippen LogP) is 2.48. The number of halogens is 2. The summed E-state index contributed by atoms with van der Waals surface area (Å²) in [5.41, 5.74) is 0.668. The van der Waals surface area contributed by atoms with Gasteiger partial charge >= 0.3 is 0 Å². The lowest BCUT2D eigenvalue weighted by molar-refractivity contribution is 0.408. The van der Waals surface area contributed by atoms with Crippen LogP contribution in [0, 0.1) is 0 Å². The average molecular weight is 192 g/mol. The van der Waals surface area contributed by atoms with Crippen molar-refractivity contribution in [3.05, 3.63) is 23.0 Å². The molecule has 0 bridgehead atoms. The first-order valence-corrected chi connectivity index (χ1v) is 3.94. The van der Waals surface area contributed by atoms with E-state index >= 15 is 0 Å². The van der Waals surface area contributed by atoms with Crippen molar-refractivity contribution in [2.24, 2.45) is 0 Å². The summed E-state index contributed by atoms with van der Waals surface area (Å²) in [6.07, 6.45) is 0. The van der Waals surface area contributed by atoms with E-state index in [0.29, 0.717) is 22.5 Å². The normalized spacial score (nSPS) is 9.73. The molecule has 0 radical (unpaired) electrons. The van der Waals surface area contributed by atoms with Gasteiger partial charge in [0.05, 0.1) is 18.7 Å². The molecule has 0 saturated carbocycles. The van der Waals surface area contributed by atoms with E-state index in [0.717, 1.165) is 0 Å². The van der Waals surface area contributed by atoms with Crippen LogP contribution in [0.1, 0.15) is 5.69 Å². The fraction of sp³-hybridized carbons (Fsp3) is 0.286. The van der Waals surface area contributed by atoms with E-state index in [1.54, 1.807) is 19.2 Å². The SMILES string of the molecule is COc1ccc(Cl)nc1CCl. The minimum Gasteiger partial charge on any atom is -0.495 e. The maximum absolute atomic E-state index is 5.63. The van der Waals surface area contributed by atoms with Crippen LogP contribution in [-0.4, -0.2) is 12.1 Å². The molecule has 4 heteroatoms. The molecular weight excluding hydrogens is 185 g/mol. The number of pyridine rings is 1. The summed E-state index contributed by atoms with van der Waals surface area (Å²) in [5, 5.41) is 0.432. The third-order valence-corrected chi connectivity index (χ3v) is 1.71. The molecule has 1 heterocycles. The van der Waals surface area contributed by atoms with Gasteiger partial charge in [0.1, 0.15) is 10.9 Å². The molecule has 0 unspecified atom stereocenters. The van der Waals surface area contributed by atoms with E-state index in [-0.39, 0.29) is 0 Å². The van der Waals surface area contributed by atoms with Gasteiger partial charge in [0.25, 0.3) is 0 Å². The second kappa shape index (κ2) is 3.79. The van der Waals surface area contributed by atoms with E-state index in [1.165, 1.54) is 0 Å². The van der Waals surface area contributed by atoms with Gasteiger partial charge in [-0.1, -0.05) is 11.6 Å². The molecule has 2 nitrogen and oxygen atoms in total. The summed E-state index contributed by atoms with van der Waals surface area (Å²) in [4.78, 5) is 3.97. The second-order valence-electron chi connectivity index (χ2n) is 1.92. The Balaban J connectivity index is 3.06. The van der Waals surface area contributed by atoms with Crippen LogP contribution in [0.4, 0.5) is 0 Å². The minimum atomic E-state index is 0.309. The number of methoxy groups -OCH3 is 1. The average Bonchev–Trinajstić information content (AvgIpc) is 2.04. The van der Waals surface area contributed by atoms with Crippen molar-refractivity contribution >= 4 is 23.2 Å². The van der Waals surface area contributed by atoms with Crippen LogP contribution >= 0.6 is 23.2 Å². The Labute approximate surface area is 75.1 Å². The van der Waals surface area contributed by atoms with Crippen LogP contribution in [0.25, 0.3) is 0 Å². The van der Waals surface area contributed by atoms with Crippen molar-refractivity contribution in [2.45, 2.75) is 5.88 Å². The maximum atomic E-state index is 5.63. The highest BCUT2D eigenvalue weighted by Gasteiger charge is 2.02. The molecule has 0 saturated heterocycles. The van der Waals surface area contributed by atoms with Gasteiger partial charge in [0, 0.05) is 0 Å². The molecule has 1 aromatic rings. The summed E-state index contributed by atoms with van der Waals surface area (Å²) >= 11 is 11.2. The third kappa shape index (κ3) is 1.98. The van der Waals surface area contributed by atoms with Crippen molar-refractivity contribution in [1.29, 1.82) is 0 Å².